The second kappa shape index (κ2) is 10.9. The maximum absolute atomic E-state index is 14.7. The number of hydrogen-bond donors (Lipinski definition) is 2. The van der Waals surface area contributed by atoms with Gasteiger partial charge in [-0.25, -0.2) is 28.1 Å². The molecular weight excluding hydrogens is 537 g/mol. The van der Waals surface area contributed by atoms with E-state index in [1.807, 2.05) is 4.90 Å². The maximum Gasteiger partial charge on any atom is 0.276 e. The Kier molecular flexibility index (Phi) is 7.44. The zero-order chi connectivity index (χ0) is 27.7. The summed E-state index contributed by atoms with van der Waals surface area (Å²) in [6, 6.07) is 1.42. The number of alkyl halides is 2. The molecule has 1 fully saturated rings. The third-order valence-corrected chi connectivity index (χ3v) is 6.61. The normalized spacial score (nSPS) is 13.9. The van der Waals surface area contributed by atoms with Crippen LogP contribution in [-0.4, -0.2) is 60.4 Å². The average Bonchev–Trinajstić information content (AvgIpc) is 3.34. The van der Waals surface area contributed by atoms with E-state index in [2.05, 4.69) is 30.4 Å². The van der Waals surface area contributed by atoms with Gasteiger partial charge in [-0.05, 0) is 19.4 Å². The Balaban J connectivity index is 1.37. The number of amides is 1. The van der Waals surface area contributed by atoms with Crippen LogP contribution >= 0.6 is 11.6 Å². The number of carbonyl (C=O) groups is 1. The van der Waals surface area contributed by atoms with Crippen LogP contribution in [0, 0.1) is 12.7 Å². The van der Waals surface area contributed by atoms with Gasteiger partial charge in [0.15, 0.2) is 5.82 Å². The highest BCUT2D eigenvalue weighted by atomic mass is 35.5. The van der Waals surface area contributed by atoms with Crippen LogP contribution in [0.2, 0.25) is 5.02 Å². The molecule has 1 aromatic carbocycles. The van der Waals surface area contributed by atoms with Crippen molar-refractivity contribution in [3.8, 4) is 11.3 Å². The van der Waals surface area contributed by atoms with Crippen LogP contribution in [0.5, 0.6) is 0 Å². The predicted octanol–water partition coefficient (Wildman–Crippen LogP) is 4.21. The molecule has 0 saturated carbocycles. The van der Waals surface area contributed by atoms with Crippen LogP contribution < -0.4 is 10.2 Å². The molecule has 1 saturated heterocycles. The lowest BCUT2D eigenvalue weighted by atomic mass is 10.0. The summed E-state index contributed by atoms with van der Waals surface area (Å²) in [7, 11) is 0. The van der Waals surface area contributed by atoms with Crippen molar-refractivity contribution in [3.05, 3.63) is 76.5 Å². The number of rotatable bonds is 8. The van der Waals surface area contributed by atoms with Crippen molar-refractivity contribution in [1.82, 2.24) is 29.7 Å². The molecule has 2 N–H and O–H groups in total. The van der Waals surface area contributed by atoms with Gasteiger partial charge < -0.3 is 15.3 Å². The summed E-state index contributed by atoms with van der Waals surface area (Å²) in [5.41, 5.74) is -0.537. The summed E-state index contributed by atoms with van der Waals surface area (Å²) in [4.78, 5) is 32.0. The first-order valence-corrected chi connectivity index (χ1v) is 12.3. The highest BCUT2D eigenvalue weighted by Gasteiger charge is 2.24. The van der Waals surface area contributed by atoms with Crippen molar-refractivity contribution in [2.24, 2.45) is 0 Å². The maximum atomic E-state index is 14.7. The zero-order valence-electron chi connectivity index (χ0n) is 20.5. The second-order valence-corrected chi connectivity index (χ2v) is 9.24. The topological polar surface area (TPSA) is 122 Å². The van der Waals surface area contributed by atoms with Crippen LogP contribution in [0.3, 0.4) is 0 Å². The van der Waals surface area contributed by atoms with Gasteiger partial charge in [0.05, 0.1) is 41.1 Å². The highest BCUT2D eigenvalue weighted by Crippen LogP contribution is 2.35. The quantitative estimate of drug-likeness (QED) is 0.330. The molecule has 4 aromatic rings. The summed E-state index contributed by atoms with van der Waals surface area (Å²) in [6.07, 6.45) is 5.30. The Morgan fingerprint density at radius 3 is 2.54 bits per heavy atom. The molecule has 0 unspecified atom stereocenters. The Labute approximate surface area is 225 Å². The molecule has 1 atom stereocenters. The standard InChI is InChI=1S/C25H22ClF3N8O2/c1-13-22(35-18(10-30-13)20-16(23(28)29)3-4-17(26)21(20)27)24(39)34-15-9-33-37(11-15)19(12-38)14-7-31-25(32-8-14)36-5-2-6-36/h3-4,7-11,19,23,38H,2,5-6,12H2,1H3,(H,34,39)/t19-/m1/s1. The van der Waals surface area contributed by atoms with E-state index in [9.17, 15) is 23.1 Å². The third kappa shape index (κ3) is 5.27. The number of aliphatic hydroxyl groups excluding tert-OH is 1. The molecule has 39 heavy (non-hydrogen) atoms. The van der Waals surface area contributed by atoms with E-state index in [0.29, 0.717) is 11.5 Å². The molecule has 5 rings (SSSR count). The van der Waals surface area contributed by atoms with E-state index in [-0.39, 0.29) is 34.4 Å². The number of carbonyl (C=O) groups excluding carboxylic acids is 1. The molecule has 14 heteroatoms. The number of anilines is 2. The van der Waals surface area contributed by atoms with Crippen molar-refractivity contribution in [2.75, 3.05) is 29.9 Å². The van der Waals surface area contributed by atoms with Gasteiger partial charge in [-0.2, -0.15) is 5.10 Å². The Hall–Kier alpha value is -4.10. The van der Waals surface area contributed by atoms with E-state index in [1.165, 1.54) is 24.0 Å². The smallest absolute Gasteiger partial charge is 0.276 e. The minimum Gasteiger partial charge on any atom is -0.394 e. The molecule has 3 aromatic heterocycles. The van der Waals surface area contributed by atoms with Gasteiger partial charge in [-0.15, -0.1) is 0 Å². The van der Waals surface area contributed by atoms with Crippen LogP contribution in [0.4, 0.5) is 24.8 Å². The summed E-state index contributed by atoms with van der Waals surface area (Å²) >= 11 is 5.81. The van der Waals surface area contributed by atoms with Crippen molar-refractivity contribution in [3.63, 3.8) is 0 Å². The number of benzene rings is 1. The van der Waals surface area contributed by atoms with Crippen LogP contribution in [-0.2, 0) is 0 Å². The molecule has 4 heterocycles. The molecule has 1 aliphatic heterocycles. The van der Waals surface area contributed by atoms with Crippen LogP contribution in [0.25, 0.3) is 11.3 Å². The first-order chi connectivity index (χ1) is 18.8. The van der Waals surface area contributed by atoms with Crippen LogP contribution in [0.15, 0.2) is 43.1 Å². The van der Waals surface area contributed by atoms with E-state index in [1.54, 1.807) is 12.4 Å². The minimum absolute atomic E-state index is 0.192. The fraction of sp³-hybridized carbons (Fsp3) is 0.280. The number of halogens is 4. The fourth-order valence-corrected chi connectivity index (χ4v) is 4.24. The molecule has 202 valence electrons. The molecule has 0 aliphatic carbocycles. The van der Waals surface area contributed by atoms with Crippen molar-refractivity contribution < 1.29 is 23.1 Å². The van der Waals surface area contributed by atoms with Gasteiger partial charge in [0.25, 0.3) is 12.3 Å². The summed E-state index contributed by atoms with van der Waals surface area (Å²) in [5.74, 6) is -1.19. The summed E-state index contributed by atoms with van der Waals surface area (Å²) in [6.45, 7) is 3.01. The molecule has 0 bridgehead atoms. The second-order valence-electron chi connectivity index (χ2n) is 8.83. The number of nitrogens with zero attached hydrogens (tertiary/aromatic N) is 7. The monoisotopic (exact) mass is 558 g/mol. The number of aryl methyl sites for hydroxylation is 1. The van der Waals surface area contributed by atoms with Gasteiger partial charge in [0.2, 0.25) is 5.95 Å². The molecule has 1 amide bonds. The predicted molar refractivity (Wildman–Crippen MR) is 136 cm³/mol. The molecular formula is C25H22ClF3N8O2. The third-order valence-electron chi connectivity index (χ3n) is 6.32. The lowest BCUT2D eigenvalue weighted by Gasteiger charge is -2.30. The first-order valence-electron chi connectivity index (χ1n) is 11.9. The number of hydrogen-bond acceptors (Lipinski definition) is 8. The van der Waals surface area contributed by atoms with Gasteiger partial charge >= 0.3 is 0 Å². The fourth-order valence-electron chi connectivity index (χ4n) is 4.08. The molecule has 1 aliphatic rings. The number of aromatic nitrogens is 6. The molecule has 0 radical (unpaired) electrons. The Bertz CT molecular complexity index is 1510. The first kappa shape index (κ1) is 26.5. The van der Waals surface area contributed by atoms with Crippen molar-refractivity contribution in [1.29, 1.82) is 0 Å². The Morgan fingerprint density at radius 2 is 1.90 bits per heavy atom. The van der Waals surface area contributed by atoms with Crippen molar-refractivity contribution in [2.45, 2.75) is 25.8 Å². The van der Waals surface area contributed by atoms with Gasteiger partial charge in [-0.3, -0.25) is 14.5 Å². The van der Waals surface area contributed by atoms with Gasteiger partial charge in [-0.1, -0.05) is 17.7 Å². The minimum atomic E-state index is -3.00. The SMILES string of the molecule is Cc1ncc(-c2c(C(F)F)ccc(Cl)c2F)nc1C(=O)Nc1cnn([C@H](CO)c2cnc(N3CCC3)nc2)c1. The lowest BCUT2D eigenvalue weighted by molar-refractivity contribution is 0.102. The molecule has 10 nitrogen and oxygen atoms in total. The van der Waals surface area contributed by atoms with E-state index in [0.717, 1.165) is 37.8 Å². The van der Waals surface area contributed by atoms with Crippen molar-refractivity contribution >= 4 is 29.1 Å². The van der Waals surface area contributed by atoms with Gasteiger partial charge in [0, 0.05) is 48.4 Å². The zero-order valence-corrected chi connectivity index (χ0v) is 21.3. The summed E-state index contributed by atoms with van der Waals surface area (Å²) < 4.78 is 43.3. The number of aliphatic hydroxyl groups is 1. The largest absolute Gasteiger partial charge is 0.394 e. The Morgan fingerprint density at radius 1 is 1.15 bits per heavy atom. The van der Waals surface area contributed by atoms with E-state index < -0.39 is 35.3 Å². The van der Waals surface area contributed by atoms with E-state index in [4.69, 9.17) is 11.6 Å². The summed E-state index contributed by atoms with van der Waals surface area (Å²) in [5, 5.41) is 16.5. The molecule has 0 spiro atoms. The van der Waals surface area contributed by atoms with E-state index >= 15 is 0 Å². The highest BCUT2D eigenvalue weighted by molar-refractivity contribution is 6.31. The average molecular weight is 559 g/mol. The number of nitrogens with one attached hydrogen (secondary N) is 1. The lowest BCUT2D eigenvalue weighted by Crippen LogP contribution is -2.38. The van der Waals surface area contributed by atoms with Gasteiger partial charge in [0.1, 0.15) is 11.7 Å². The van der Waals surface area contributed by atoms with Crippen LogP contribution in [0.1, 0.15) is 46.2 Å².